The summed E-state index contributed by atoms with van der Waals surface area (Å²) in [7, 11) is 0. The first-order valence-electron chi connectivity index (χ1n) is 7.91. The van der Waals surface area contributed by atoms with E-state index in [-0.39, 0.29) is 30.5 Å². The highest BCUT2D eigenvalue weighted by molar-refractivity contribution is 5.85. The lowest BCUT2D eigenvalue weighted by Crippen LogP contribution is -2.26. The summed E-state index contributed by atoms with van der Waals surface area (Å²) in [6.07, 6.45) is 2.17. The molecule has 0 saturated carbocycles. The summed E-state index contributed by atoms with van der Waals surface area (Å²) in [5.74, 6) is 0.857. The van der Waals surface area contributed by atoms with Crippen molar-refractivity contribution >= 4 is 18.3 Å². The van der Waals surface area contributed by atoms with Crippen molar-refractivity contribution < 1.29 is 14.3 Å². The van der Waals surface area contributed by atoms with E-state index < -0.39 is 0 Å². The van der Waals surface area contributed by atoms with E-state index in [0.29, 0.717) is 26.0 Å². The van der Waals surface area contributed by atoms with Gasteiger partial charge in [0.05, 0.1) is 13.2 Å². The van der Waals surface area contributed by atoms with Crippen LogP contribution in [-0.4, -0.2) is 31.3 Å². The van der Waals surface area contributed by atoms with Crippen molar-refractivity contribution in [1.82, 2.24) is 5.32 Å². The van der Waals surface area contributed by atoms with Crippen molar-refractivity contribution in [3.63, 3.8) is 0 Å². The van der Waals surface area contributed by atoms with E-state index in [1.54, 1.807) is 0 Å². The zero-order valence-electron chi connectivity index (χ0n) is 13.8. The highest BCUT2D eigenvalue weighted by Crippen LogP contribution is 2.23. The highest BCUT2D eigenvalue weighted by atomic mass is 35.5. The van der Waals surface area contributed by atoms with Gasteiger partial charge in [-0.05, 0) is 31.9 Å². The number of benzene rings is 1. The van der Waals surface area contributed by atoms with Crippen molar-refractivity contribution in [1.29, 1.82) is 0 Å². The number of aryl methyl sites for hydroxylation is 1. The van der Waals surface area contributed by atoms with Crippen molar-refractivity contribution in [3.05, 3.63) is 29.3 Å². The fourth-order valence-electron chi connectivity index (χ4n) is 2.34. The molecule has 130 valence electrons. The van der Waals surface area contributed by atoms with E-state index in [0.717, 1.165) is 29.9 Å². The molecule has 3 N–H and O–H groups in total. The molecule has 1 aliphatic rings. The molecule has 2 atom stereocenters. The second kappa shape index (κ2) is 9.75. The molecule has 0 radical (unpaired) electrons. The molecule has 1 amide bonds. The smallest absolute Gasteiger partial charge is 0.220 e. The Morgan fingerprint density at radius 3 is 2.96 bits per heavy atom. The molecule has 0 spiro atoms. The molecule has 0 aromatic heterocycles. The van der Waals surface area contributed by atoms with Crippen LogP contribution in [0.25, 0.3) is 0 Å². The first-order valence-corrected chi connectivity index (χ1v) is 7.91. The molecule has 1 aromatic carbocycles. The predicted octanol–water partition coefficient (Wildman–Crippen LogP) is 2.33. The van der Waals surface area contributed by atoms with Gasteiger partial charge in [0.2, 0.25) is 5.91 Å². The second-order valence-corrected chi connectivity index (χ2v) is 6.01. The van der Waals surface area contributed by atoms with Crippen LogP contribution in [0.4, 0.5) is 0 Å². The van der Waals surface area contributed by atoms with E-state index in [4.69, 9.17) is 15.2 Å². The molecule has 0 aliphatic carbocycles. The van der Waals surface area contributed by atoms with Gasteiger partial charge in [-0.1, -0.05) is 12.1 Å². The summed E-state index contributed by atoms with van der Waals surface area (Å²) in [6, 6.07) is 6.10. The number of rotatable bonds is 7. The molecule has 6 heteroatoms. The third-order valence-electron chi connectivity index (χ3n) is 3.71. The average Bonchev–Trinajstić information content (AvgIpc) is 2.97. The first kappa shape index (κ1) is 19.7. The number of ether oxygens (including phenoxy) is 2. The van der Waals surface area contributed by atoms with Gasteiger partial charge in [-0.3, -0.25) is 4.79 Å². The van der Waals surface area contributed by atoms with Gasteiger partial charge in [-0.25, -0.2) is 0 Å². The quantitative estimate of drug-likeness (QED) is 0.797. The van der Waals surface area contributed by atoms with Crippen LogP contribution in [0.1, 0.15) is 37.3 Å². The Morgan fingerprint density at radius 2 is 2.30 bits per heavy atom. The molecule has 2 rings (SSSR count). The molecule has 1 aromatic rings. The summed E-state index contributed by atoms with van der Waals surface area (Å²) in [5, 5.41) is 2.93. The zero-order valence-corrected chi connectivity index (χ0v) is 14.7. The van der Waals surface area contributed by atoms with Crippen LogP contribution in [0.3, 0.4) is 0 Å². The Bertz CT molecular complexity index is 503. The lowest BCUT2D eigenvalue weighted by Gasteiger charge is -2.17. The fraction of sp³-hybridized carbons (Fsp3) is 0.588. The van der Waals surface area contributed by atoms with E-state index in [9.17, 15) is 4.79 Å². The minimum absolute atomic E-state index is 0. The molecule has 1 heterocycles. The van der Waals surface area contributed by atoms with Crippen LogP contribution in [0.15, 0.2) is 18.2 Å². The number of nitrogens with two attached hydrogens (primary N) is 1. The zero-order chi connectivity index (χ0) is 15.9. The van der Waals surface area contributed by atoms with Gasteiger partial charge in [0.1, 0.15) is 11.9 Å². The van der Waals surface area contributed by atoms with E-state index in [2.05, 4.69) is 5.32 Å². The Kier molecular flexibility index (Phi) is 8.37. The third kappa shape index (κ3) is 6.77. The number of amides is 1. The van der Waals surface area contributed by atoms with Crippen LogP contribution in [0.2, 0.25) is 0 Å². The van der Waals surface area contributed by atoms with E-state index >= 15 is 0 Å². The molecule has 23 heavy (non-hydrogen) atoms. The third-order valence-corrected chi connectivity index (χ3v) is 3.71. The van der Waals surface area contributed by atoms with Gasteiger partial charge in [0.15, 0.2) is 0 Å². The number of carbonyl (C=O) groups is 1. The van der Waals surface area contributed by atoms with Crippen LogP contribution in [-0.2, 0) is 16.1 Å². The minimum Gasteiger partial charge on any atom is -0.488 e. The summed E-state index contributed by atoms with van der Waals surface area (Å²) >= 11 is 0. The Balaban J connectivity index is 0.00000264. The van der Waals surface area contributed by atoms with Gasteiger partial charge in [-0.2, -0.15) is 0 Å². The maximum atomic E-state index is 11.8. The summed E-state index contributed by atoms with van der Waals surface area (Å²) in [6.45, 7) is 5.79. The van der Waals surface area contributed by atoms with Crippen LogP contribution in [0.5, 0.6) is 5.75 Å². The average molecular weight is 343 g/mol. The highest BCUT2D eigenvalue weighted by Gasteiger charge is 2.18. The van der Waals surface area contributed by atoms with Gasteiger partial charge < -0.3 is 20.5 Å². The number of nitrogens with one attached hydrogen (secondary N) is 1. The molecule has 1 fully saturated rings. The summed E-state index contributed by atoms with van der Waals surface area (Å²) in [5.41, 5.74) is 7.80. The fourth-order valence-corrected chi connectivity index (χ4v) is 2.34. The number of hydrogen-bond acceptors (Lipinski definition) is 4. The maximum absolute atomic E-state index is 11.8. The second-order valence-electron chi connectivity index (χ2n) is 6.01. The maximum Gasteiger partial charge on any atom is 0.220 e. The molecule has 1 aliphatic heterocycles. The Morgan fingerprint density at radius 1 is 1.52 bits per heavy atom. The van der Waals surface area contributed by atoms with Gasteiger partial charge >= 0.3 is 0 Å². The van der Waals surface area contributed by atoms with Crippen LogP contribution in [0, 0.1) is 6.92 Å². The molecule has 2 unspecified atom stereocenters. The molecular weight excluding hydrogens is 316 g/mol. The van der Waals surface area contributed by atoms with Gasteiger partial charge in [0.25, 0.3) is 0 Å². The normalized spacial score (nSPS) is 18.1. The number of carbonyl (C=O) groups excluding carboxylic acids is 1. The topological polar surface area (TPSA) is 73.6 Å². The number of halogens is 1. The molecule has 5 nitrogen and oxygen atoms in total. The van der Waals surface area contributed by atoms with Gasteiger partial charge in [-0.15, -0.1) is 12.4 Å². The SMILES string of the molecule is Cc1ccc(CNC(=O)CCC(C)N)c(OC2CCOC2)c1.Cl. The minimum atomic E-state index is 0. The number of hydrogen-bond donors (Lipinski definition) is 2. The van der Waals surface area contributed by atoms with Crippen LogP contribution < -0.4 is 15.8 Å². The Labute approximate surface area is 144 Å². The largest absolute Gasteiger partial charge is 0.488 e. The summed E-state index contributed by atoms with van der Waals surface area (Å²) < 4.78 is 11.4. The van der Waals surface area contributed by atoms with E-state index in [1.807, 2.05) is 32.0 Å². The molecule has 0 bridgehead atoms. The van der Waals surface area contributed by atoms with Crippen molar-refractivity contribution in [2.24, 2.45) is 5.73 Å². The lowest BCUT2D eigenvalue weighted by atomic mass is 10.1. The van der Waals surface area contributed by atoms with Crippen molar-refractivity contribution in [3.8, 4) is 5.75 Å². The lowest BCUT2D eigenvalue weighted by molar-refractivity contribution is -0.121. The summed E-state index contributed by atoms with van der Waals surface area (Å²) in [4.78, 5) is 11.8. The van der Waals surface area contributed by atoms with E-state index in [1.165, 1.54) is 0 Å². The monoisotopic (exact) mass is 342 g/mol. The first-order chi connectivity index (χ1) is 10.5. The Hall–Kier alpha value is -1.30. The standard InChI is InChI=1S/C17H26N2O3.ClH/c1-12-3-5-14(10-19-17(20)6-4-13(2)18)16(9-12)22-15-7-8-21-11-15;/h3,5,9,13,15H,4,6-8,10-11,18H2,1-2H3,(H,19,20);1H. The predicted molar refractivity (Wildman–Crippen MR) is 93.0 cm³/mol. The molecule has 1 saturated heterocycles. The van der Waals surface area contributed by atoms with Crippen molar-refractivity contribution in [2.75, 3.05) is 13.2 Å². The van der Waals surface area contributed by atoms with Crippen molar-refractivity contribution in [2.45, 2.75) is 51.8 Å². The van der Waals surface area contributed by atoms with Crippen LogP contribution >= 0.6 is 12.4 Å². The molecular formula is C17H27ClN2O3. The van der Waals surface area contributed by atoms with Gasteiger partial charge in [0, 0.05) is 31.0 Å².